The first kappa shape index (κ1) is 14.4. The number of aliphatic hydroxyl groups is 1. The van der Waals surface area contributed by atoms with Gasteiger partial charge in [0.1, 0.15) is 6.10 Å². The van der Waals surface area contributed by atoms with Gasteiger partial charge in [0.25, 0.3) is 0 Å². The van der Waals surface area contributed by atoms with Crippen LogP contribution in [0.1, 0.15) is 66.2 Å². The summed E-state index contributed by atoms with van der Waals surface area (Å²) in [4.78, 5) is 11.3. The number of hydrogen-bond donors (Lipinski definition) is 1. The summed E-state index contributed by atoms with van der Waals surface area (Å²) in [6, 6.07) is 0. The molecule has 3 aliphatic carbocycles. The zero-order valence-corrected chi connectivity index (χ0v) is 13.2. The van der Waals surface area contributed by atoms with E-state index in [0.29, 0.717) is 17.3 Å². The monoisotopic (exact) mass is 280 g/mol. The molecule has 1 N–H and O–H groups in total. The molecule has 0 aromatic carbocycles. The molecule has 3 heteroatoms. The lowest BCUT2D eigenvalue weighted by Crippen LogP contribution is -2.58. The minimum absolute atomic E-state index is 0.0131. The fourth-order valence-corrected chi connectivity index (χ4v) is 5.48. The highest BCUT2D eigenvalue weighted by Gasteiger charge is 2.62. The summed E-state index contributed by atoms with van der Waals surface area (Å²) in [5.74, 6) is 0.900. The van der Waals surface area contributed by atoms with Gasteiger partial charge in [0.05, 0.1) is 5.60 Å². The van der Waals surface area contributed by atoms with Crippen LogP contribution in [0.5, 0.6) is 0 Å². The van der Waals surface area contributed by atoms with Crippen molar-refractivity contribution in [1.82, 2.24) is 0 Å². The zero-order chi connectivity index (χ0) is 14.8. The van der Waals surface area contributed by atoms with E-state index in [4.69, 9.17) is 4.74 Å². The zero-order valence-electron chi connectivity index (χ0n) is 13.2. The number of carbonyl (C=O) groups is 1. The Bertz CT molecular complexity index is 430. The quantitative estimate of drug-likeness (QED) is 0.750. The van der Waals surface area contributed by atoms with Gasteiger partial charge in [-0.05, 0) is 55.8 Å². The van der Waals surface area contributed by atoms with Crippen molar-refractivity contribution >= 4 is 5.97 Å². The summed E-state index contributed by atoms with van der Waals surface area (Å²) in [6.45, 7) is 8.37. The Hall–Kier alpha value is -0.570. The lowest BCUT2D eigenvalue weighted by atomic mass is 9.49. The van der Waals surface area contributed by atoms with Gasteiger partial charge in [0.15, 0.2) is 0 Å². The first-order valence-corrected chi connectivity index (χ1v) is 8.06. The van der Waals surface area contributed by atoms with Crippen molar-refractivity contribution in [1.29, 1.82) is 0 Å². The predicted molar refractivity (Wildman–Crippen MR) is 77.1 cm³/mol. The number of carbonyl (C=O) groups excluding carboxylic acids is 1. The standard InChI is InChI=1S/C17H28O3/c1-11(18)20-14-6-8-17(19)10-16(14,4)7-5-12-13(17)9-15(12,2)3/h12-14,19H,5-10H2,1-4H3/t12-,13+,14+,16+,17+/m0/s1. The van der Waals surface area contributed by atoms with E-state index in [2.05, 4.69) is 20.8 Å². The van der Waals surface area contributed by atoms with Gasteiger partial charge in [-0.1, -0.05) is 20.8 Å². The van der Waals surface area contributed by atoms with Crippen LogP contribution in [0, 0.1) is 22.7 Å². The highest BCUT2D eigenvalue weighted by Crippen LogP contribution is 2.64. The van der Waals surface area contributed by atoms with Gasteiger partial charge in [-0.3, -0.25) is 4.79 Å². The van der Waals surface area contributed by atoms with Gasteiger partial charge in [0, 0.05) is 12.3 Å². The van der Waals surface area contributed by atoms with Crippen LogP contribution >= 0.6 is 0 Å². The van der Waals surface area contributed by atoms with Crippen molar-refractivity contribution in [2.45, 2.75) is 77.9 Å². The van der Waals surface area contributed by atoms with Crippen LogP contribution in [0.3, 0.4) is 0 Å². The Labute approximate surface area is 122 Å². The second kappa shape index (κ2) is 4.22. The average molecular weight is 280 g/mol. The predicted octanol–water partition coefficient (Wildman–Crippen LogP) is 3.30. The van der Waals surface area contributed by atoms with E-state index in [0.717, 1.165) is 38.5 Å². The second-order valence-corrected chi connectivity index (χ2v) is 8.52. The maximum atomic E-state index is 11.3. The molecule has 5 atom stereocenters. The Kier molecular flexibility index (Phi) is 3.03. The van der Waals surface area contributed by atoms with Gasteiger partial charge < -0.3 is 9.84 Å². The molecule has 0 heterocycles. The summed E-state index contributed by atoms with van der Waals surface area (Å²) in [7, 11) is 0. The van der Waals surface area contributed by atoms with E-state index in [-0.39, 0.29) is 17.5 Å². The van der Waals surface area contributed by atoms with Crippen molar-refractivity contribution < 1.29 is 14.6 Å². The van der Waals surface area contributed by atoms with E-state index < -0.39 is 5.60 Å². The van der Waals surface area contributed by atoms with Crippen LogP contribution in [-0.2, 0) is 9.53 Å². The van der Waals surface area contributed by atoms with E-state index in [1.165, 1.54) is 6.92 Å². The summed E-state index contributed by atoms with van der Waals surface area (Å²) in [5, 5.41) is 11.2. The van der Waals surface area contributed by atoms with Crippen LogP contribution in [0.2, 0.25) is 0 Å². The molecule has 3 fully saturated rings. The molecule has 0 amide bonds. The first-order valence-electron chi connectivity index (χ1n) is 8.06. The number of ether oxygens (including phenoxy) is 1. The molecule has 0 unspecified atom stereocenters. The van der Waals surface area contributed by atoms with Crippen molar-refractivity contribution in [3.8, 4) is 0 Å². The number of rotatable bonds is 1. The van der Waals surface area contributed by atoms with Crippen molar-refractivity contribution in [2.24, 2.45) is 22.7 Å². The molecule has 0 saturated heterocycles. The summed E-state index contributed by atoms with van der Waals surface area (Å²) < 4.78 is 5.57. The molecule has 2 bridgehead atoms. The maximum absolute atomic E-state index is 11.3. The third-order valence-electron chi connectivity index (χ3n) is 6.59. The van der Waals surface area contributed by atoms with Gasteiger partial charge >= 0.3 is 5.97 Å². The minimum atomic E-state index is -0.526. The van der Waals surface area contributed by atoms with Gasteiger partial charge in [-0.15, -0.1) is 0 Å². The van der Waals surface area contributed by atoms with E-state index in [1.54, 1.807) is 0 Å². The Morgan fingerprint density at radius 2 is 1.85 bits per heavy atom. The summed E-state index contributed by atoms with van der Waals surface area (Å²) in [6.07, 6.45) is 5.76. The lowest BCUT2D eigenvalue weighted by molar-refractivity contribution is -0.188. The highest BCUT2D eigenvalue weighted by atomic mass is 16.5. The molecule has 0 aliphatic heterocycles. The van der Waals surface area contributed by atoms with E-state index in [1.807, 2.05) is 0 Å². The molecule has 0 aromatic heterocycles. The SMILES string of the molecule is CC(=O)O[C@@H]1CC[C@@]2(O)C[C@@]1(C)CC[C@H]1[C@H]2CC1(C)C. The van der Waals surface area contributed by atoms with Gasteiger partial charge in [-0.2, -0.15) is 0 Å². The van der Waals surface area contributed by atoms with Crippen LogP contribution in [-0.4, -0.2) is 22.8 Å². The molecule has 114 valence electrons. The van der Waals surface area contributed by atoms with Crippen LogP contribution in [0.25, 0.3) is 0 Å². The van der Waals surface area contributed by atoms with E-state index in [9.17, 15) is 9.90 Å². The molecule has 0 aromatic rings. The minimum Gasteiger partial charge on any atom is -0.462 e. The van der Waals surface area contributed by atoms with Gasteiger partial charge in [-0.25, -0.2) is 0 Å². The number of fused-ring (bicyclic) bond motifs is 4. The molecule has 0 spiro atoms. The van der Waals surface area contributed by atoms with E-state index >= 15 is 0 Å². The van der Waals surface area contributed by atoms with Crippen LogP contribution in [0.15, 0.2) is 0 Å². The fourth-order valence-electron chi connectivity index (χ4n) is 5.48. The summed E-state index contributed by atoms with van der Waals surface area (Å²) >= 11 is 0. The maximum Gasteiger partial charge on any atom is 0.302 e. The Morgan fingerprint density at radius 3 is 2.45 bits per heavy atom. The Balaban J connectivity index is 1.87. The smallest absolute Gasteiger partial charge is 0.302 e. The third kappa shape index (κ3) is 2.01. The normalized spacial score (nSPS) is 49.5. The molecule has 3 saturated carbocycles. The molecule has 3 nitrogen and oxygen atoms in total. The van der Waals surface area contributed by atoms with Crippen LogP contribution < -0.4 is 0 Å². The molecule has 3 aliphatic rings. The van der Waals surface area contributed by atoms with Crippen molar-refractivity contribution in [2.75, 3.05) is 0 Å². The molecule has 0 radical (unpaired) electrons. The Morgan fingerprint density at radius 1 is 1.15 bits per heavy atom. The third-order valence-corrected chi connectivity index (χ3v) is 6.59. The van der Waals surface area contributed by atoms with Crippen molar-refractivity contribution in [3.05, 3.63) is 0 Å². The first-order chi connectivity index (χ1) is 9.16. The molecule has 3 rings (SSSR count). The number of hydrogen-bond acceptors (Lipinski definition) is 3. The topological polar surface area (TPSA) is 46.5 Å². The molecule has 20 heavy (non-hydrogen) atoms. The van der Waals surface area contributed by atoms with Crippen LogP contribution in [0.4, 0.5) is 0 Å². The van der Waals surface area contributed by atoms with Crippen molar-refractivity contribution in [3.63, 3.8) is 0 Å². The highest BCUT2D eigenvalue weighted by molar-refractivity contribution is 5.66. The second-order valence-electron chi connectivity index (χ2n) is 8.52. The fraction of sp³-hybridized carbons (Fsp3) is 0.941. The molecular formula is C17H28O3. The average Bonchev–Trinajstić information content (AvgIpc) is 2.37. The number of esters is 1. The lowest BCUT2D eigenvalue weighted by Gasteiger charge is -2.58. The summed E-state index contributed by atoms with van der Waals surface area (Å²) in [5.41, 5.74) is -0.209. The molecular weight excluding hydrogens is 252 g/mol. The van der Waals surface area contributed by atoms with Gasteiger partial charge in [0.2, 0.25) is 0 Å². The largest absolute Gasteiger partial charge is 0.462 e.